The van der Waals surface area contributed by atoms with Crippen molar-refractivity contribution < 1.29 is 9.90 Å². The number of piperazine rings is 1. The lowest BCUT2D eigenvalue weighted by Gasteiger charge is -2.37. The second kappa shape index (κ2) is 12.6. The Morgan fingerprint density at radius 1 is 1.06 bits per heavy atom. The van der Waals surface area contributed by atoms with Gasteiger partial charge in [-0.3, -0.25) is 9.79 Å². The second-order valence-corrected chi connectivity index (χ2v) is 7.34. The Hall–Kier alpha value is -2.20. The molecule has 0 aromatic heterocycles. The minimum Gasteiger partial charge on any atom is -0.506 e. The zero-order valence-corrected chi connectivity index (χ0v) is 20.6. The molecule has 168 valence electrons. The first-order valence-electron chi connectivity index (χ1n) is 10.2. The summed E-state index contributed by atoms with van der Waals surface area (Å²) in [6.45, 7) is 6.89. The van der Waals surface area contributed by atoms with Gasteiger partial charge in [-0.1, -0.05) is 35.9 Å². The maximum absolute atomic E-state index is 12.2. The number of carbonyl (C=O) groups excluding carboxylic acids is 1. The standard InChI is InChI=1S/C22H28ClN5O2.HI/c1-2-24-22(26-12-11-25-21(30)17-7-3-4-8-18(17)23)28-15-13-27(14-16-28)19-9-5-6-10-20(19)29;/h3-10,29H,2,11-16H2,1H3,(H,24,26)(H,25,30);1H. The van der Waals surface area contributed by atoms with Gasteiger partial charge in [0, 0.05) is 39.3 Å². The van der Waals surface area contributed by atoms with Gasteiger partial charge in [0.2, 0.25) is 0 Å². The SMILES string of the molecule is CCNC(=NCCNC(=O)c1ccccc1Cl)N1CCN(c2ccccc2O)CC1.I. The molecule has 1 amide bonds. The van der Waals surface area contributed by atoms with Gasteiger partial charge in [0.05, 0.1) is 22.8 Å². The molecule has 1 saturated heterocycles. The van der Waals surface area contributed by atoms with Crippen LogP contribution in [-0.2, 0) is 0 Å². The smallest absolute Gasteiger partial charge is 0.252 e. The molecule has 0 saturated carbocycles. The molecule has 0 unspecified atom stereocenters. The number of amides is 1. The monoisotopic (exact) mass is 557 g/mol. The molecular formula is C22H29ClIN5O2. The van der Waals surface area contributed by atoms with Crippen LogP contribution in [0.4, 0.5) is 5.69 Å². The highest BCUT2D eigenvalue weighted by molar-refractivity contribution is 14.0. The Labute approximate surface area is 205 Å². The molecule has 0 bridgehead atoms. The predicted octanol–water partition coefficient (Wildman–Crippen LogP) is 3.18. The van der Waals surface area contributed by atoms with Crippen LogP contribution in [0.15, 0.2) is 53.5 Å². The molecule has 3 N–H and O–H groups in total. The fraction of sp³-hybridized carbons (Fsp3) is 0.364. The number of carbonyl (C=O) groups is 1. The number of nitrogens with one attached hydrogen (secondary N) is 2. The van der Waals surface area contributed by atoms with Crippen molar-refractivity contribution in [3.8, 4) is 5.75 Å². The van der Waals surface area contributed by atoms with Gasteiger partial charge in [-0.25, -0.2) is 0 Å². The largest absolute Gasteiger partial charge is 0.506 e. The van der Waals surface area contributed by atoms with Gasteiger partial charge in [0.15, 0.2) is 5.96 Å². The summed E-state index contributed by atoms with van der Waals surface area (Å²) in [4.78, 5) is 21.3. The van der Waals surface area contributed by atoms with E-state index in [0.717, 1.165) is 44.4 Å². The molecule has 3 rings (SSSR count). The Balaban J connectivity index is 0.00000341. The van der Waals surface area contributed by atoms with Gasteiger partial charge in [0.25, 0.3) is 5.91 Å². The van der Waals surface area contributed by atoms with Crippen LogP contribution in [0.2, 0.25) is 5.02 Å². The van der Waals surface area contributed by atoms with E-state index in [9.17, 15) is 9.90 Å². The number of benzene rings is 2. The lowest BCUT2D eigenvalue weighted by molar-refractivity contribution is 0.0955. The molecule has 31 heavy (non-hydrogen) atoms. The van der Waals surface area contributed by atoms with E-state index in [1.807, 2.05) is 25.1 Å². The van der Waals surface area contributed by atoms with Crippen LogP contribution in [0, 0.1) is 0 Å². The van der Waals surface area contributed by atoms with Crippen molar-refractivity contribution in [2.45, 2.75) is 6.92 Å². The maximum atomic E-state index is 12.2. The highest BCUT2D eigenvalue weighted by Crippen LogP contribution is 2.27. The van der Waals surface area contributed by atoms with Gasteiger partial charge in [-0.05, 0) is 31.2 Å². The van der Waals surface area contributed by atoms with Crippen molar-refractivity contribution in [1.82, 2.24) is 15.5 Å². The lowest BCUT2D eigenvalue weighted by atomic mass is 10.2. The average Bonchev–Trinajstić information content (AvgIpc) is 2.76. The zero-order valence-electron chi connectivity index (χ0n) is 17.6. The topological polar surface area (TPSA) is 80.2 Å². The summed E-state index contributed by atoms with van der Waals surface area (Å²) in [5.74, 6) is 0.944. The summed E-state index contributed by atoms with van der Waals surface area (Å²) in [7, 11) is 0. The Morgan fingerprint density at radius 3 is 2.42 bits per heavy atom. The van der Waals surface area contributed by atoms with Gasteiger partial charge >= 0.3 is 0 Å². The number of phenolic OH excluding ortho intramolecular Hbond substituents is 1. The van der Waals surface area contributed by atoms with Crippen LogP contribution in [0.5, 0.6) is 5.75 Å². The normalized spacial score (nSPS) is 14.1. The van der Waals surface area contributed by atoms with E-state index in [0.29, 0.717) is 29.4 Å². The summed E-state index contributed by atoms with van der Waals surface area (Å²) < 4.78 is 0. The van der Waals surface area contributed by atoms with Gasteiger partial charge in [0.1, 0.15) is 5.75 Å². The summed E-state index contributed by atoms with van der Waals surface area (Å²) in [6.07, 6.45) is 0. The van der Waals surface area contributed by atoms with Crippen LogP contribution in [-0.4, -0.2) is 67.7 Å². The van der Waals surface area contributed by atoms with Crippen molar-refractivity contribution in [3.63, 3.8) is 0 Å². The number of nitrogens with zero attached hydrogens (tertiary/aromatic N) is 3. The number of phenols is 1. The number of aliphatic imine (C=N–C) groups is 1. The van der Waals surface area contributed by atoms with E-state index in [-0.39, 0.29) is 29.9 Å². The minimum atomic E-state index is -0.197. The van der Waals surface area contributed by atoms with Crippen LogP contribution >= 0.6 is 35.6 Å². The van der Waals surface area contributed by atoms with Gasteiger partial charge < -0.3 is 25.5 Å². The number of para-hydroxylation sites is 2. The number of anilines is 1. The van der Waals surface area contributed by atoms with Crippen molar-refractivity contribution in [2.75, 3.05) is 50.7 Å². The molecule has 0 spiro atoms. The highest BCUT2D eigenvalue weighted by atomic mass is 127. The number of aromatic hydroxyl groups is 1. The third kappa shape index (κ3) is 6.90. The van der Waals surface area contributed by atoms with Gasteiger partial charge in [-0.15, -0.1) is 24.0 Å². The first-order valence-corrected chi connectivity index (χ1v) is 10.6. The van der Waals surface area contributed by atoms with E-state index >= 15 is 0 Å². The molecule has 7 nitrogen and oxygen atoms in total. The number of halogens is 2. The van der Waals surface area contributed by atoms with Crippen LogP contribution in [0.3, 0.4) is 0 Å². The van der Waals surface area contributed by atoms with E-state index in [1.54, 1.807) is 30.3 Å². The molecular weight excluding hydrogens is 529 g/mol. The average molecular weight is 558 g/mol. The zero-order chi connectivity index (χ0) is 21.3. The van der Waals surface area contributed by atoms with E-state index in [1.165, 1.54) is 0 Å². The summed E-state index contributed by atoms with van der Waals surface area (Å²) in [5.41, 5.74) is 1.33. The number of hydrogen-bond acceptors (Lipinski definition) is 4. The quantitative estimate of drug-likeness (QED) is 0.220. The lowest BCUT2D eigenvalue weighted by Crippen LogP contribution is -2.52. The number of guanidine groups is 1. The van der Waals surface area contributed by atoms with Gasteiger partial charge in [-0.2, -0.15) is 0 Å². The fourth-order valence-corrected chi connectivity index (χ4v) is 3.61. The van der Waals surface area contributed by atoms with Crippen LogP contribution in [0.25, 0.3) is 0 Å². The number of hydrogen-bond donors (Lipinski definition) is 3. The molecule has 9 heteroatoms. The second-order valence-electron chi connectivity index (χ2n) is 6.93. The van der Waals surface area contributed by atoms with Crippen molar-refractivity contribution in [3.05, 3.63) is 59.1 Å². The fourth-order valence-electron chi connectivity index (χ4n) is 3.39. The molecule has 0 atom stereocenters. The first-order chi connectivity index (χ1) is 14.6. The molecule has 1 fully saturated rings. The van der Waals surface area contributed by atoms with E-state index in [2.05, 4.69) is 25.4 Å². The van der Waals surface area contributed by atoms with Crippen LogP contribution < -0.4 is 15.5 Å². The molecule has 1 heterocycles. The van der Waals surface area contributed by atoms with Crippen molar-refractivity contribution >= 4 is 53.1 Å². The van der Waals surface area contributed by atoms with Crippen molar-refractivity contribution in [1.29, 1.82) is 0 Å². The van der Waals surface area contributed by atoms with Crippen LogP contribution in [0.1, 0.15) is 17.3 Å². The molecule has 2 aromatic rings. The maximum Gasteiger partial charge on any atom is 0.252 e. The Bertz CT molecular complexity index is 888. The summed E-state index contributed by atoms with van der Waals surface area (Å²) in [5, 5.41) is 16.7. The third-order valence-electron chi connectivity index (χ3n) is 4.91. The molecule has 0 aliphatic carbocycles. The highest BCUT2D eigenvalue weighted by Gasteiger charge is 2.21. The summed E-state index contributed by atoms with van der Waals surface area (Å²) >= 11 is 6.07. The Morgan fingerprint density at radius 2 is 1.74 bits per heavy atom. The first kappa shape index (κ1) is 25.1. The number of rotatable bonds is 6. The molecule has 2 aromatic carbocycles. The van der Waals surface area contributed by atoms with Crippen molar-refractivity contribution in [2.24, 2.45) is 4.99 Å². The van der Waals surface area contributed by atoms with E-state index in [4.69, 9.17) is 11.6 Å². The summed E-state index contributed by atoms with van der Waals surface area (Å²) in [6, 6.07) is 14.4. The third-order valence-corrected chi connectivity index (χ3v) is 5.24. The molecule has 0 radical (unpaired) electrons. The molecule has 1 aliphatic heterocycles. The Kier molecular flexibility index (Phi) is 10.2. The minimum absolute atomic E-state index is 0. The predicted molar refractivity (Wildman–Crippen MR) is 137 cm³/mol. The van der Waals surface area contributed by atoms with E-state index < -0.39 is 0 Å². The molecule has 1 aliphatic rings.